The number of anilines is 2. The number of piperidine rings is 1. The van der Waals surface area contributed by atoms with Gasteiger partial charge in [-0.3, -0.25) is 4.79 Å². The monoisotopic (exact) mass is 402 g/mol. The van der Waals surface area contributed by atoms with Crippen LogP contribution in [-0.2, 0) is 32.7 Å². The van der Waals surface area contributed by atoms with Crippen LogP contribution in [0.4, 0.5) is 11.8 Å². The van der Waals surface area contributed by atoms with Crippen molar-refractivity contribution in [1.82, 2.24) is 9.97 Å². The van der Waals surface area contributed by atoms with E-state index in [1.807, 2.05) is 18.3 Å². The van der Waals surface area contributed by atoms with E-state index in [-0.39, 0.29) is 17.5 Å². The van der Waals surface area contributed by atoms with Gasteiger partial charge in [-0.05, 0) is 43.2 Å². The Morgan fingerprint density at radius 3 is 2.93 bits per heavy atom. The molecule has 2 aliphatic rings. The van der Waals surface area contributed by atoms with Gasteiger partial charge in [0.2, 0.25) is 5.95 Å². The molecule has 0 radical (unpaired) electrons. The van der Waals surface area contributed by atoms with Crippen LogP contribution in [0.2, 0.25) is 0 Å². The van der Waals surface area contributed by atoms with Crippen LogP contribution in [0, 0.1) is 6.92 Å². The Labute approximate surface area is 168 Å². The fourth-order valence-corrected chi connectivity index (χ4v) is 5.29. The number of ether oxygens (including phenoxy) is 2. The lowest BCUT2D eigenvalue weighted by molar-refractivity contribution is -0.140. The molecule has 2 N–H and O–H groups in total. The largest absolute Gasteiger partial charge is 0.469 e. The van der Waals surface area contributed by atoms with Gasteiger partial charge >= 0.3 is 5.97 Å². The maximum atomic E-state index is 11.6. The second-order valence-corrected chi connectivity index (χ2v) is 8.38. The number of nitrogen functional groups attached to an aromatic ring is 1. The summed E-state index contributed by atoms with van der Waals surface area (Å²) in [6, 6.07) is 2.23. The first kappa shape index (κ1) is 19.1. The van der Waals surface area contributed by atoms with E-state index in [0.717, 1.165) is 56.0 Å². The lowest BCUT2D eigenvalue weighted by Crippen LogP contribution is -2.46. The van der Waals surface area contributed by atoms with E-state index < -0.39 is 0 Å². The molecule has 28 heavy (non-hydrogen) atoms. The highest BCUT2D eigenvalue weighted by Gasteiger charge is 2.42. The van der Waals surface area contributed by atoms with Crippen molar-refractivity contribution in [2.45, 2.75) is 44.6 Å². The predicted octanol–water partition coefficient (Wildman–Crippen LogP) is 2.60. The number of hydrogen-bond acceptors (Lipinski definition) is 8. The van der Waals surface area contributed by atoms with Crippen molar-refractivity contribution in [2.75, 3.05) is 37.4 Å². The number of aryl methyl sites for hydroxylation is 1. The molecule has 7 nitrogen and oxygen atoms in total. The minimum atomic E-state index is -0.236. The number of aromatic nitrogens is 2. The number of nitrogens with two attached hydrogens (primary N) is 1. The van der Waals surface area contributed by atoms with Gasteiger partial charge in [0.25, 0.3) is 0 Å². The van der Waals surface area contributed by atoms with Gasteiger partial charge in [-0.1, -0.05) is 0 Å². The number of methoxy groups -OCH3 is 1. The molecule has 2 aromatic heterocycles. The predicted molar refractivity (Wildman–Crippen MR) is 109 cm³/mol. The number of thiophene rings is 1. The number of rotatable bonds is 4. The van der Waals surface area contributed by atoms with Gasteiger partial charge in [0, 0.05) is 42.1 Å². The Morgan fingerprint density at radius 2 is 2.18 bits per heavy atom. The van der Waals surface area contributed by atoms with Crippen molar-refractivity contribution in [1.29, 1.82) is 0 Å². The first-order valence-electron chi connectivity index (χ1n) is 9.68. The van der Waals surface area contributed by atoms with E-state index in [1.165, 1.54) is 17.6 Å². The van der Waals surface area contributed by atoms with Crippen LogP contribution >= 0.6 is 11.3 Å². The van der Waals surface area contributed by atoms with Gasteiger partial charge in [0.15, 0.2) is 0 Å². The summed E-state index contributed by atoms with van der Waals surface area (Å²) in [5.74, 6) is 0.870. The number of carbonyl (C=O) groups is 1. The summed E-state index contributed by atoms with van der Waals surface area (Å²) in [5, 5.41) is 2.17. The van der Waals surface area contributed by atoms with E-state index in [0.29, 0.717) is 12.8 Å². The average Bonchev–Trinajstić information content (AvgIpc) is 3.18. The first-order chi connectivity index (χ1) is 13.5. The van der Waals surface area contributed by atoms with Crippen molar-refractivity contribution in [3.63, 3.8) is 0 Å². The molecule has 1 saturated heterocycles. The maximum Gasteiger partial charge on any atom is 0.305 e. The van der Waals surface area contributed by atoms with Crippen molar-refractivity contribution >= 4 is 29.1 Å². The summed E-state index contributed by atoms with van der Waals surface area (Å²) in [6.45, 7) is 4.37. The Kier molecular flexibility index (Phi) is 5.25. The molecule has 2 aliphatic heterocycles. The van der Waals surface area contributed by atoms with Gasteiger partial charge in [-0.25, -0.2) is 4.98 Å². The summed E-state index contributed by atoms with van der Waals surface area (Å²) < 4.78 is 11.1. The average molecular weight is 403 g/mol. The van der Waals surface area contributed by atoms with Crippen molar-refractivity contribution in [3.8, 4) is 0 Å². The highest BCUT2D eigenvalue weighted by Crippen LogP contribution is 2.44. The van der Waals surface area contributed by atoms with Crippen molar-refractivity contribution in [3.05, 3.63) is 33.1 Å². The molecule has 150 valence electrons. The van der Waals surface area contributed by atoms with Gasteiger partial charge in [0.1, 0.15) is 5.82 Å². The highest BCUT2D eigenvalue weighted by atomic mass is 32.1. The van der Waals surface area contributed by atoms with Crippen LogP contribution in [0.15, 0.2) is 11.4 Å². The normalized spacial score (nSPS) is 18.1. The molecule has 1 fully saturated rings. The van der Waals surface area contributed by atoms with Gasteiger partial charge < -0.3 is 20.1 Å². The smallest absolute Gasteiger partial charge is 0.305 e. The number of esters is 1. The molecular formula is C20H26N4O3S. The quantitative estimate of drug-likeness (QED) is 0.786. The maximum absolute atomic E-state index is 11.6. The van der Waals surface area contributed by atoms with E-state index in [2.05, 4.69) is 26.3 Å². The topological polar surface area (TPSA) is 90.6 Å². The van der Waals surface area contributed by atoms with E-state index in [4.69, 9.17) is 15.2 Å². The fourth-order valence-electron chi connectivity index (χ4n) is 4.34. The lowest BCUT2D eigenvalue weighted by atomic mass is 9.82. The minimum absolute atomic E-state index is 0.177. The molecule has 0 unspecified atom stereocenters. The Hall–Kier alpha value is -2.19. The molecular weight excluding hydrogens is 376 g/mol. The van der Waals surface area contributed by atoms with E-state index >= 15 is 0 Å². The molecule has 0 aromatic carbocycles. The second kappa shape index (κ2) is 7.67. The Balaban J connectivity index is 1.56. The molecule has 0 atom stereocenters. The second-order valence-electron chi connectivity index (χ2n) is 7.38. The SMILES string of the molecule is COC(=O)CCc1c(C)nc(N)nc1N1CCC2(CC1)OCCc1sccc12. The summed E-state index contributed by atoms with van der Waals surface area (Å²) >= 11 is 1.83. The number of carbonyl (C=O) groups excluding carboxylic acids is 1. The molecule has 1 spiro atoms. The van der Waals surface area contributed by atoms with Crippen LogP contribution in [0.3, 0.4) is 0 Å². The molecule has 0 bridgehead atoms. The van der Waals surface area contributed by atoms with Crippen LogP contribution < -0.4 is 10.6 Å². The van der Waals surface area contributed by atoms with Crippen LogP contribution in [0.25, 0.3) is 0 Å². The fraction of sp³-hybridized carbons (Fsp3) is 0.550. The molecule has 4 heterocycles. The molecule has 0 aliphatic carbocycles. The molecule has 4 rings (SSSR count). The van der Waals surface area contributed by atoms with Gasteiger partial charge in [-0.15, -0.1) is 11.3 Å². The van der Waals surface area contributed by atoms with Crippen LogP contribution in [0.1, 0.15) is 41.0 Å². The Morgan fingerprint density at radius 1 is 1.39 bits per heavy atom. The number of hydrogen-bond donors (Lipinski definition) is 1. The third-order valence-corrected chi connectivity index (χ3v) is 6.81. The molecule has 2 aromatic rings. The van der Waals surface area contributed by atoms with Crippen molar-refractivity contribution in [2.24, 2.45) is 0 Å². The van der Waals surface area contributed by atoms with Gasteiger partial charge in [0.05, 0.1) is 19.3 Å². The first-order valence-corrected chi connectivity index (χ1v) is 10.6. The van der Waals surface area contributed by atoms with Crippen LogP contribution in [0.5, 0.6) is 0 Å². The standard InChI is InChI=1S/C20H26N4O3S/c1-13-14(3-4-17(25)26-2)18(23-19(21)22-13)24-9-7-20(8-10-24)15-6-12-28-16(15)5-11-27-20/h6,12H,3-5,7-11H2,1-2H3,(H2,21,22,23). The Bertz CT molecular complexity index is 874. The van der Waals surface area contributed by atoms with Crippen molar-refractivity contribution < 1.29 is 14.3 Å². The molecule has 0 saturated carbocycles. The third-order valence-electron chi connectivity index (χ3n) is 5.83. The number of nitrogens with zero attached hydrogens (tertiary/aromatic N) is 3. The summed E-state index contributed by atoms with van der Waals surface area (Å²) in [6.07, 6.45) is 3.68. The lowest BCUT2D eigenvalue weighted by Gasteiger charge is -2.44. The summed E-state index contributed by atoms with van der Waals surface area (Å²) in [5.41, 5.74) is 8.92. The van der Waals surface area contributed by atoms with Gasteiger partial charge in [-0.2, -0.15) is 4.98 Å². The zero-order chi connectivity index (χ0) is 19.7. The van der Waals surface area contributed by atoms with E-state index in [9.17, 15) is 4.79 Å². The summed E-state index contributed by atoms with van der Waals surface area (Å²) in [4.78, 5) is 24.2. The molecule has 0 amide bonds. The van der Waals surface area contributed by atoms with Crippen LogP contribution in [-0.4, -0.2) is 42.7 Å². The summed E-state index contributed by atoms with van der Waals surface area (Å²) in [7, 11) is 1.41. The van der Waals surface area contributed by atoms with E-state index in [1.54, 1.807) is 0 Å². The number of fused-ring (bicyclic) bond motifs is 2. The zero-order valence-electron chi connectivity index (χ0n) is 16.4. The highest BCUT2D eigenvalue weighted by molar-refractivity contribution is 7.10. The molecule has 8 heteroatoms. The third kappa shape index (κ3) is 3.46. The minimum Gasteiger partial charge on any atom is -0.469 e. The zero-order valence-corrected chi connectivity index (χ0v) is 17.2.